The van der Waals surface area contributed by atoms with Crippen molar-refractivity contribution in [2.75, 3.05) is 0 Å². The molecule has 2 aromatic rings. The van der Waals surface area contributed by atoms with Gasteiger partial charge >= 0.3 is 12.4 Å². The van der Waals surface area contributed by atoms with Crippen molar-refractivity contribution in [2.24, 2.45) is 0 Å². The maximum absolute atomic E-state index is 15.6. The molecule has 0 aromatic heterocycles. The molecule has 7 heteroatoms. The Kier molecular flexibility index (Phi) is 9.77. The highest BCUT2D eigenvalue weighted by Gasteiger charge is 2.73. The molecule has 0 atom stereocenters. The van der Waals surface area contributed by atoms with Crippen molar-refractivity contribution < 1.29 is 31.4 Å². The van der Waals surface area contributed by atoms with Crippen LogP contribution in [0.5, 0.6) is 5.75 Å². The number of hydrogen-bond acceptors (Lipinski definition) is 1. The predicted octanol–water partition coefficient (Wildman–Crippen LogP) is 11.6. The van der Waals surface area contributed by atoms with Crippen LogP contribution in [0.3, 0.4) is 0 Å². The van der Waals surface area contributed by atoms with E-state index in [9.17, 15) is 5.11 Å². The molecule has 0 saturated carbocycles. The van der Waals surface area contributed by atoms with E-state index < -0.39 is 50.6 Å². The van der Waals surface area contributed by atoms with Crippen molar-refractivity contribution >= 4 is 0 Å². The van der Waals surface area contributed by atoms with Gasteiger partial charge in [0.15, 0.2) is 0 Å². The predicted molar refractivity (Wildman–Crippen MR) is 161 cm³/mol. The Morgan fingerprint density at radius 2 is 0.714 bits per heavy atom. The Bertz CT molecular complexity index is 1180. The molecule has 42 heavy (non-hydrogen) atoms. The summed E-state index contributed by atoms with van der Waals surface area (Å²) in [5, 5.41) is 11.4. The molecule has 0 bridgehead atoms. The lowest BCUT2D eigenvalue weighted by molar-refractivity contribution is -0.288. The van der Waals surface area contributed by atoms with Gasteiger partial charge in [-0.05, 0) is 81.7 Å². The summed E-state index contributed by atoms with van der Waals surface area (Å²) in [6, 6.07) is 5.90. The number of phenolic OH excluding ortho intramolecular Hbond substituents is 1. The molecule has 2 aromatic carbocycles. The van der Waals surface area contributed by atoms with Crippen LogP contribution in [-0.4, -0.2) is 17.5 Å². The van der Waals surface area contributed by atoms with Gasteiger partial charge in [0, 0.05) is 11.1 Å². The highest BCUT2D eigenvalue weighted by atomic mass is 19.4. The van der Waals surface area contributed by atoms with Gasteiger partial charge < -0.3 is 5.11 Å². The first-order chi connectivity index (χ1) is 18.8. The smallest absolute Gasteiger partial charge is 0.411 e. The molecule has 0 unspecified atom stereocenters. The van der Waals surface area contributed by atoms with E-state index in [0.29, 0.717) is 36.8 Å². The number of halogens is 6. The molecule has 0 amide bonds. The number of hydrogen-bond donors (Lipinski definition) is 1. The van der Waals surface area contributed by atoms with Crippen molar-refractivity contribution in [3.63, 3.8) is 0 Å². The molecule has 0 saturated heterocycles. The SMILES string of the molecule is CCC(C)(C)c1cc(C(C)(C)CC)cc(C(c2cc(C(C)(C)CC)c(O)c(C(C)(C)CC)c2)(C(F)(F)F)C(F)(F)F)c1. The first-order valence-corrected chi connectivity index (χ1v) is 15.0. The van der Waals surface area contributed by atoms with Crippen molar-refractivity contribution in [3.8, 4) is 5.75 Å². The number of benzene rings is 2. The van der Waals surface area contributed by atoms with E-state index in [4.69, 9.17) is 0 Å². The quantitative estimate of drug-likeness (QED) is 0.269. The minimum absolute atomic E-state index is 0.0797. The topological polar surface area (TPSA) is 20.2 Å². The summed E-state index contributed by atoms with van der Waals surface area (Å²) in [5.41, 5.74) is -8.18. The summed E-state index contributed by atoms with van der Waals surface area (Å²) in [4.78, 5) is 0. The molecule has 0 aliphatic rings. The third-order valence-corrected chi connectivity index (χ3v) is 10.3. The normalized spacial score (nSPS) is 14.4. The van der Waals surface area contributed by atoms with Crippen LogP contribution in [0.15, 0.2) is 30.3 Å². The van der Waals surface area contributed by atoms with Crippen LogP contribution in [0.4, 0.5) is 26.3 Å². The number of alkyl halides is 6. The number of aromatic hydroxyl groups is 1. The molecule has 0 fully saturated rings. The van der Waals surface area contributed by atoms with Crippen LogP contribution < -0.4 is 0 Å². The van der Waals surface area contributed by atoms with E-state index in [0.717, 1.165) is 24.3 Å². The number of rotatable bonds is 10. The van der Waals surface area contributed by atoms with E-state index in [1.54, 1.807) is 47.6 Å². The van der Waals surface area contributed by atoms with Gasteiger partial charge in [-0.1, -0.05) is 101 Å². The molecule has 1 N–H and O–H groups in total. The summed E-state index contributed by atoms with van der Waals surface area (Å²) in [6.07, 6.45) is -9.64. The van der Waals surface area contributed by atoms with Gasteiger partial charge in [0.05, 0.1) is 0 Å². The number of phenols is 1. The van der Waals surface area contributed by atoms with Crippen LogP contribution in [0.1, 0.15) is 142 Å². The first-order valence-electron chi connectivity index (χ1n) is 15.0. The molecular weight excluding hydrogens is 550 g/mol. The Labute approximate surface area is 249 Å². The van der Waals surface area contributed by atoms with Gasteiger partial charge in [0.1, 0.15) is 5.75 Å². The summed E-state index contributed by atoms with van der Waals surface area (Å²) >= 11 is 0. The zero-order chi connectivity index (χ0) is 32.9. The fourth-order valence-corrected chi connectivity index (χ4v) is 5.28. The molecule has 0 aliphatic heterocycles. The summed E-state index contributed by atoms with van der Waals surface area (Å²) in [5.74, 6) is -0.246. The fraction of sp³-hybridized carbons (Fsp3) is 0.657. The second-order valence-corrected chi connectivity index (χ2v) is 14.4. The van der Waals surface area contributed by atoms with Crippen LogP contribution in [-0.2, 0) is 27.1 Å². The zero-order valence-corrected chi connectivity index (χ0v) is 27.4. The largest absolute Gasteiger partial charge is 0.507 e. The van der Waals surface area contributed by atoms with Crippen molar-refractivity contribution in [3.05, 3.63) is 63.7 Å². The maximum Gasteiger partial charge on any atom is 0.411 e. The van der Waals surface area contributed by atoms with E-state index in [1.807, 2.05) is 41.5 Å². The summed E-state index contributed by atoms with van der Waals surface area (Å²) in [6.45, 7) is 21.6. The zero-order valence-electron chi connectivity index (χ0n) is 27.4. The van der Waals surface area contributed by atoms with Crippen molar-refractivity contribution in [2.45, 2.75) is 148 Å². The van der Waals surface area contributed by atoms with E-state index in [-0.39, 0.29) is 16.9 Å². The lowest BCUT2D eigenvalue weighted by atomic mass is 9.66. The fourth-order valence-electron chi connectivity index (χ4n) is 5.28. The third kappa shape index (κ3) is 6.08. The van der Waals surface area contributed by atoms with Gasteiger partial charge in [-0.25, -0.2) is 0 Å². The minimum Gasteiger partial charge on any atom is -0.507 e. The Hall–Kier alpha value is -2.18. The van der Waals surface area contributed by atoms with Crippen LogP contribution >= 0.6 is 0 Å². The maximum atomic E-state index is 15.6. The Morgan fingerprint density at radius 3 is 0.976 bits per heavy atom. The summed E-state index contributed by atoms with van der Waals surface area (Å²) < 4.78 is 93.6. The molecule has 238 valence electrons. The Balaban J connectivity index is 3.39. The molecule has 0 aliphatic carbocycles. The average Bonchev–Trinajstić information content (AvgIpc) is 2.87. The van der Waals surface area contributed by atoms with Gasteiger partial charge in [0.25, 0.3) is 0 Å². The van der Waals surface area contributed by atoms with Crippen LogP contribution in [0.2, 0.25) is 0 Å². The molecule has 2 rings (SSSR count). The van der Waals surface area contributed by atoms with Crippen molar-refractivity contribution in [1.29, 1.82) is 0 Å². The van der Waals surface area contributed by atoms with Crippen molar-refractivity contribution in [1.82, 2.24) is 0 Å². The van der Waals surface area contributed by atoms with Gasteiger partial charge in [0.2, 0.25) is 5.41 Å². The van der Waals surface area contributed by atoms with Crippen LogP contribution in [0, 0.1) is 0 Å². The highest BCUT2D eigenvalue weighted by Crippen LogP contribution is 2.59. The van der Waals surface area contributed by atoms with Gasteiger partial charge in [-0.3, -0.25) is 0 Å². The molecule has 1 nitrogen and oxygen atoms in total. The van der Waals surface area contributed by atoms with Gasteiger partial charge in [-0.2, -0.15) is 26.3 Å². The molecule has 0 spiro atoms. The average molecular weight is 601 g/mol. The third-order valence-electron chi connectivity index (χ3n) is 10.3. The second-order valence-electron chi connectivity index (χ2n) is 14.4. The lowest BCUT2D eigenvalue weighted by Gasteiger charge is -2.42. The van der Waals surface area contributed by atoms with E-state index in [1.165, 1.54) is 0 Å². The summed E-state index contributed by atoms with van der Waals surface area (Å²) in [7, 11) is 0. The lowest BCUT2D eigenvalue weighted by Crippen LogP contribution is -2.55. The molecule has 0 heterocycles. The highest BCUT2D eigenvalue weighted by molar-refractivity contribution is 5.57. The van der Waals surface area contributed by atoms with Crippen LogP contribution in [0.25, 0.3) is 0 Å². The molecular formula is C35H50F6O. The Morgan fingerprint density at radius 1 is 0.452 bits per heavy atom. The molecule has 0 radical (unpaired) electrons. The first kappa shape index (κ1) is 36.0. The minimum atomic E-state index is -5.74. The standard InChI is InChI=1S/C35H50F6O/c1-13-29(5,6)22-17-23(30(7,8)14-2)19-24(18-22)33(34(36,37)38,35(39,40)41)25-20-26(31(9,10)15-3)28(42)27(21-25)32(11,12)16-4/h17-21,42H,13-16H2,1-12H3. The van der Waals surface area contributed by atoms with E-state index in [2.05, 4.69) is 0 Å². The monoisotopic (exact) mass is 600 g/mol. The second kappa shape index (κ2) is 11.4. The van der Waals surface area contributed by atoms with E-state index >= 15 is 26.3 Å². The van der Waals surface area contributed by atoms with Gasteiger partial charge in [-0.15, -0.1) is 0 Å².